The summed E-state index contributed by atoms with van der Waals surface area (Å²) in [6.07, 6.45) is 0. The number of fused-ring (bicyclic) bond motifs is 3. The minimum Gasteiger partial charge on any atom is -0.285 e. The second-order valence-electron chi connectivity index (χ2n) is 7.65. The normalized spacial score (nSPS) is 13.4. The maximum absolute atomic E-state index is 13.5. The summed E-state index contributed by atoms with van der Waals surface area (Å²) in [5.41, 5.74) is 1.71. The van der Waals surface area contributed by atoms with E-state index < -0.39 is 11.8 Å². The Hall–Kier alpha value is -2.91. The minimum absolute atomic E-state index is 0.0948. The highest BCUT2D eigenvalue weighted by Crippen LogP contribution is 2.48. The van der Waals surface area contributed by atoms with E-state index in [1.807, 2.05) is 0 Å². The third-order valence-corrected chi connectivity index (χ3v) is 7.54. The van der Waals surface area contributed by atoms with Gasteiger partial charge in [0.05, 0.1) is 9.75 Å². The zero-order valence-corrected chi connectivity index (χ0v) is 18.4. The Balaban J connectivity index is 1.49. The Bertz CT molecular complexity index is 1240. The highest BCUT2D eigenvalue weighted by molar-refractivity contribution is 7.25. The number of carbonyl (C=O) groups excluding carboxylic acids is 1. The summed E-state index contributed by atoms with van der Waals surface area (Å²) in [7, 11) is 0. The molecule has 1 aliphatic rings. The predicted molar refractivity (Wildman–Crippen MR) is 117 cm³/mol. The van der Waals surface area contributed by atoms with Gasteiger partial charge in [0.2, 0.25) is 5.78 Å². The van der Waals surface area contributed by atoms with Crippen LogP contribution >= 0.6 is 22.7 Å². The lowest BCUT2D eigenvalue weighted by molar-refractivity contribution is 0.0168. The molecule has 0 amide bonds. The Morgan fingerprint density at radius 1 is 0.656 bits per heavy atom. The molecule has 162 valence electrons. The van der Waals surface area contributed by atoms with Crippen molar-refractivity contribution in [3.05, 3.63) is 71.0 Å². The lowest BCUT2D eigenvalue weighted by Gasteiger charge is -2.10. The Kier molecular flexibility index (Phi) is 4.62. The van der Waals surface area contributed by atoms with Gasteiger partial charge in [-0.15, -0.1) is 22.7 Å². The Morgan fingerprint density at radius 2 is 1.00 bits per heavy atom. The van der Waals surface area contributed by atoms with Crippen molar-refractivity contribution in [2.45, 2.75) is 25.7 Å². The van der Waals surface area contributed by atoms with Gasteiger partial charge in [0.25, 0.3) is 11.8 Å². The fourth-order valence-electron chi connectivity index (χ4n) is 3.43. The molecule has 0 N–H and O–H groups in total. The molecule has 0 saturated heterocycles. The van der Waals surface area contributed by atoms with Crippen LogP contribution < -0.4 is 0 Å². The van der Waals surface area contributed by atoms with Crippen LogP contribution in [0.2, 0.25) is 0 Å². The van der Waals surface area contributed by atoms with Gasteiger partial charge < -0.3 is 0 Å². The second-order valence-corrected chi connectivity index (χ2v) is 9.65. The Morgan fingerprint density at radius 3 is 1.31 bits per heavy atom. The fourth-order valence-corrected chi connectivity index (χ4v) is 5.69. The van der Waals surface area contributed by atoms with Crippen LogP contribution in [0.3, 0.4) is 0 Å². The van der Waals surface area contributed by atoms with E-state index in [9.17, 15) is 22.4 Å². The van der Waals surface area contributed by atoms with Crippen molar-refractivity contribution in [3.8, 4) is 30.9 Å². The molecule has 4 aromatic rings. The van der Waals surface area contributed by atoms with Gasteiger partial charge in [-0.3, -0.25) is 4.79 Å². The highest BCUT2D eigenvalue weighted by Gasteiger charge is 2.36. The first-order valence-electron chi connectivity index (χ1n) is 9.56. The average Bonchev–Trinajstić information content (AvgIpc) is 3.41. The van der Waals surface area contributed by atoms with E-state index in [1.54, 1.807) is 24.3 Å². The van der Waals surface area contributed by atoms with Crippen LogP contribution in [-0.4, -0.2) is 15.8 Å². The molecular formula is C23H14F4N2OS2. The molecule has 9 heteroatoms. The van der Waals surface area contributed by atoms with Crippen molar-refractivity contribution in [3.63, 3.8) is 0 Å². The molecule has 0 bridgehead atoms. The number of alkyl halides is 4. The summed E-state index contributed by atoms with van der Waals surface area (Å²) in [5, 5.41) is 1.12. The third kappa shape index (κ3) is 3.45. The lowest BCUT2D eigenvalue weighted by atomic mass is 10.1. The summed E-state index contributed by atoms with van der Waals surface area (Å²) in [4.78, 5) is 23.1. The summed E-state index contributed by atoms with van der Waals surface area (Å²) in [6, 6.07) is 11.7. The van der Waals surface area contributed by atoms with Gasteiger partial charge in [0, 0.05) is 36.1 Å². The number of carbonyl (C=O) groups is 1. The largest absolute Gasteiger partial charge is 0.285 e. The van der Waals surface area contributed by atoms with E-state index >= 15 is 0 Å². The monoisotopic (exact) mass is 474 g/mol. The van der Waals surface area contributed by atoms with Gasteiger partial charge in [-0.25, -0.2) is 27.5 Å². The molecule has 0 aliphatic heterocycles. The minimum atomic E-state index is -2.93. The number of rotatable bonds is 4. The number of hydrogen-bond donors (Lipinski definition) is 0. The number of nitrogens with zero attached hydrogens (tertiary/aromatic N) is 2. The molecule has 5 rings (SSSR count). The topological polar surface area (TPSA) is 42.9 Å². The quantitative estimate of drug-likeness (QED) is 0.256. The average molecular weight is 475 g/mol. The van der Waals surface area contributed by atoms with Crippen molar-refractivity contribution < 1.29 is 22.4 Å². The van der Waals surface area contributed by atoms with Crippen molar-refractivity contribution in [1.82, 2.24) is 9.97 Å². The number of halogens is 4. The van der Waals surface area contributed by atoms with Gasteiger partial charge in [0.15, 0.2) is 0 Å². The van der Waals surface area contributed by atoms with Crippen LogP contribution in [0.1, 0.15) is 41.2 Å². The van der Waals surface area contributed by atoms with Crippen LogP contribution in [0.5, 0.6) is 0 Å². The summed E-state index contributed by atoms with van der Waals surface area (Å²) < 4.78 is 53.8. The first-order valence-corrected chi connectivity index (χ1v) is 11.2. The van der Waals surface area contributed by atoms with Crippen molar-refractivity contribution in [2.75, 3.05) is 0 Å². The number of hydrogen-bond acceptors (Lipinski definition) is 5. The van der Waals surface area contributed by atoms with Crippen LogP contribution in [-0.2, 0) is 11.8 Å². The molecule has 2 aromatic carbocycles. The number of aromatic nitrogens is 2. The van der Waals surface area contributed by atoms with E-state index in [0.29, 0.717) is 42.3 Å². The van der Waals surface area contributed by atoms with Crippen molar-refractivity contribution in [1.29, 1.82) is 0 Å². The molecule has 0 fully saturated rings. The third-order valence-electron chi connectivity index (χ3n) is 5.17. The first kappa shape index (κ1) is 21.0. The zero-order valence-electron chi connectivity index (χ0n) is 16.7. The van der Waals surface area contributed by atoms with Gasteiger partial charge in [-0.2, -0.15) is 0 Å². The standard InChI is InChI=1S/C23H14F4N2OS2/c1-22(24,25)13-7-3-11(4-8-13)20-28-15-17(30)16-19(18(15)31-20)32-21(29-16)12-5-9-14(10-6-12)23(2,26)27/h3-10H,1-2H3. The first-order chi connectivity index (χ1) is 15.0. The molecule has 32 heavy (non-hydrogen) atoms. The lowest BCUT2D eigenvalue weighted by Crippen LogP contribution is -2.06. The molecule has 0 atom stereocenters. The second kappa shape index (κ2) is 7.05. The van der Waals surface area contributed by atoms with Crippen LogP contribution in [0.15, 0.2) is 48.5 Å². The molecule has 2 aromatic heterocycles. The van der Waals surface area contributed by atoms with Gasteiger partial charge in [0.1, 0.15) is 21.4 Å². The number of ketones is 1. The molecule has 3 nitrogen and oxygen atoms in total. The molecule has 2 heterocycles. The molecule has 0 radical (unpaired) electrons. The van der Waals surface area contributed by atoms with Crippen molar-refractivity contribution in [2.24, 2.45) is 0 Å². The SMILES string of the molecule is CC(F)(F)c1ccc(-c2nc3c(s2)-c2sc(-c4ccc(C(C)(F)F)cc4)nc2C3=O)cc1. The highest BCUT2D eigenvalue weighted by atomic mass is 32.1. The van der Waals surface area contributed by atoms with Gasteiger partial charge >= 0.3 is 0 Å². The molecular weight excluding hydrogens is 460 g/mol. The summed E-state index contributed by atoms with van der Waals surface area (Å²) in [5.74, 6) is -6.16. The van der Waals surface area contributed by atoms with E-state index in [1.165, 1.54) is 46.9 Å². The van der Waals surface area contributed by atoms with E-state index in [0.717, 1.165) is 13.8 Å². The van der Waals surface area contributed by atoms with Crippen LogP contribution in [0.4, 0.5) is 17.6 Å². The van der Waals surface area contributed by atoms with E-state index in [2.05, 4.69) is 9.97 Å². The molecule has 0 saturated carbocycles. The number of benzene rings is 2. The fraction of sp³-hybridized carbons (Fsp3) is 0.174. The summed E-state index contributed by atoms with van der Waals surface area (Å²) >= 11 is 2.60. The van der Waals surface area contributed by atoms with Gasteiger partial charge in [-0.1, -0.05) is 48.5 Å². The maximum atomic E-state index is 13.5. The summed E-state index contributed by atoms with van der Waals surface area (Å²) in [6.45, 7) is 1.67. The zero-order chi connectivity index (χ0) is 22.8. The smallest absolute Gasteiger partial charge is 0.270 e. The van der Waals surface area contributed by atoms with Crippen molar-refractivity contribution >= 4 is 28.5 Å². The predicted octanol–water partition coefficient (Wildman–Crippen LogP) is 7.37. The molecule has 1 aliphatic carbocycles. The van der Waals surface area contributed by atoms with E-state index in [-0.39, 0.29) is 16.9 Å². The maximum Gasteiger partial charge on any atom is 0.270 e. The van der Waals surface area contributed by atoms with E-state index in [4.69, 9.17) is 0 Å². The number of thiazole rings is 2. The molecule has 0 spiro atoms. The molecule has 0 unspecified atom stereocenters. The van der Waals surface area contributed by atoms with Crippen LogP contribution in [0.25, 0.3) is 30.9 Å². The van der Waals surface area contributed by atoms with Gasteiger partial charge in [-0.05, 0) is 0 Å². The Labute approximate surface area is 188 Å². The van der Waals surface area contributed by atoms with Crippen LogP contribution in [0, 0.1) is 0 Å².